The third-order valence-electron chi connectivity index (χ3n) is 2.00. The van der Waals surface area contributed by atoms with Gasteiger partial charge < -0.3 is 15.3 Å². The van der Waals surface area contributed by atoms with Crippen molar-refractivity contribution in [1.29, 1.82) is 0 Å². The lowest BCUT2D eigenvalue weighted by molar-refractivity contribution is -0.132. The molecule has 0 aliphatic carbocycles. The minimum Gasteiger partial charge on any atom is -0.465 e. The summed E-state index contributed by atoms with van der Waals surface area (Å²) in [5.41, 5.74) is 0. The molecule has 1 atom stereocenters. The van der Waals surface area contributed by atoms with Gasteiger partial charge in [0.05, 0.1) is 0 Å². The summed E-state index contributed by atoms with van der Waals surface area (Å²) in [6.07, 6.45) is -3.77. The fourth-order valence-corrected chi connectivity index (χ4v) is 1.32. The van der Waals surface area contributed by atoms with Crippen LogP contribution in [0.4, 0.5) is 13.6 Å². The molecule has 2 amide bonds. The number of carbonyl (C=O) groups is 2. The predicted octanol–water partition coefficient (Wildman–Crippen LogP) is 0.120. The van der Waals surface area contributed by atoms with E-state index in [0.29, 0.717) is 6.42 Å². The summed E-state index contributed by atoms with van der Waals surface area (Å²) in [6, 6.07) is -0.493. The van der Waals surface area contributed by atoms with Crippen LogP contribution >= 0.6 is 0 Å². The number of nitrogens with one attached hydrogen (secondary N) is 1. The first-order valence-corrected chi connectivity index (χ1v) is 4.07. The maximum absolute atomic E-state index is 11.8. The molecule has 0 spiro atoms. The second-order valence-corrected chi connectivity index (χ2v) is 3.02. The molecule has 80 valence electrons. The summed E-state index contributed by atoms with van der Waals surface area (Å²) in [5, 5.41) is 10.6. The highest BCUT2D eigenvalue weighted by Gasteiger charge is 2.28. The van der Waals surface area contributed by atoms with Gasteiger partial charge in [-0.1, -0.05) is 0 Å². The summed E-state index contributed by atoms with van der Waals surface area (Å²) in [6.45, 7) is 0.345. The first-order valence-electron chi connectivity index (χ1n) is 4.07. The normalized spacial score (nSPS) is 21.4. The standard InChI is InChI=1S/C7H10F2N2O3/c8-5(9)6(12)10-4-1-2-11(3-4)7(13)14/h4-5H,1-3H2,(H,10,12)(H,13,14)/t4-/m0/s1. The Hall–Kier alpha value is -1.40. The van der Waals surface area contributed by atoms with E-state index in [1.165, 1.54) is 0 Å². The summed E-state index contributed by atoms with van der Waals surface area (Å²) in [7, 11) is 0. The number of hydrogen-bond acceptors (Lipinski definition) is 2. The number of amides is 2. The van der Waals surface area contributed by atoms with Crippen LogP contribution < -0.4 is 5.32 Å². The molecule has 0 radical (unpaired) electrons. The average Bonchev–Trinajstić information content (AvgIpc) is 2.52. The van der Waals surface area contributed by atoms with E-state index in [4.69, 9.17) is 5.11 Å². The molecule has 1 rings (SSSR count). The molecular formula is C7H10F2N2O3. The van der Waals surface area contributed by atoms with E-state index >= 15 is 0 Å². The fraction of sp³-hybridized carbons (Fsp3) is 0.714. The molecule has 7 heteroatoms. The Labute approximate surface area is 78.7 Å². The maximum atomic E-state index is 11.8. The number of halogens is 2. The quantitative estimate of drug-likeness (QED) is 0.677. The van der Waals surface area contributed by atoms with Gasteiger partial charge in [-0.2, -0.15) is 8.78 Å². The lowest BCUT2D eigenvalue weighted by Crippen LogP contribution is -2.40. The monoisotopic (exact) mass is 208 g/mol. The molecule has 5 nitrogen and oxygen atoms in total. The summed E-state index contributed by atoms with van der Waals surface area (Å²) >= 11 is 0. The first-order chi connectivity index (χ1) is 6.50. The number of alkyl halides is 2. The van der Waals surface area contributed by atoms with E-state index in [1.54, 1.807) is 0 Å². The third-order valence-corrected chi connectivity index (χ3v) is 2.00. The summed E-state index contributed by atoms with van der Waals surface area (Å²) in [4.78, 5) is 22.1. The molecule has 0 aromatic carbocycles. The van der Waals surface area contributed by atoms with Gasteiger partial charge in [-0.05, 0) is 6.42 Å². The molecular weight excluding hydrogens is 198 g/mol. The van der Waals surface area contributed by atoms with Crippen molar-refractivity contribution >= 4 is 12.0 Å². The average molecular weight is 208 g/mol. The van der Waals surface area contributed by atoms with Gasteiger partial charge in [0.25, 0.3) is 5.91 Å². The van der Waals surface area contributed by atoms with Gasteiger partial charge in [0.15, 0.2) is 0 Å². The highest BCUT2D eigenvalue weighted by atomic mass is 19.3. The molecule has 0 aromatic heterocycles. The Morgan fingerprint density at radius 1 is 1.50 bits per heavy atom. The largest absolute Gasteiger partial charge is 0.465 e. The molecule has 0 saturated carbocycles. The van der Waals surface area contributed by atoms with Crippen LogP contribution in [0.2, 0.25) is 0 Å². The van der Waals surface area contributed by atoms with Crippen molar-refractivity contribution in [2.75, 3.05) is 13.1 Å². The molecule has 1 aliphatic rings. The molecule has 0 unspecified atom stereocenters. The second kappa shape index (κ2) is 4.21. The molecule has 14 heavy (non-hydrogen) atoms. The van der Waals surface area contributed by atoms with Crippen LogP contribution in [0, 0.1) is 0 Å². The molecule has 1 fully saturated rings. The number of carboxylic acid groups (broad SMARTS) is 1. The highest BCUT2D eigenvalue weighted by molar-refractivity contribution is 5.79. The minimum atomic E-state index is -3.05. The van der Waals surface area contributed by atoms with Crippen LogP contribution in [-0.2, 0) is 4.79 Å². The Balaban J connectivity index is 2.36. The van der Waals surface area contributed by atoms with Crippen molar-refractivity contribution in [2.45, 2.75) is 18.9 Å². The smallest absolute Gasteiger partial charge is 0.407 e. The van der Waals surface area contributed by atoms with E-state index < -0.39 is 24.5 Å². The van der Waals surface area contributed by atoms with Crippen molar-refractivity contribution < 1.29 is 23.5 Å². The van der Waals surface area contributed by atoms with Gasteiger partial charge in [0.1, 0.15) is 0 Å². The van der Waals surface area contributed by atoms with Crippen LogP contribution in [0.25, 0.3) is 0 Å². The second-order valence-electron chi connectivity index (χ2n) is 3.02. The van der Waals surface area contributed by atoms with Gasteiger partial charge in [-0.15, -0.1) is 0 Å². The molecule has 2 N–H and O–H groups in total. The van der Waals surface area contributed by atoms with Gasteiger partial charge >= 0.3 is 12.5 Å². The van der Waals surface area contributed by atoms with E-state index in [2.05, 4.69) is 5.32 Å². The zero-order valence-corrected chi connectivity index (χ0v) is 7.24. The van der Waals surface area contributed by atoms with E-state index in [-0.39, 0.29) is 13.1 Å². The number of likely N-dealkylation sites (tertiary alicyclic amines) is 1. The Kier molecular flexibility index (Phi) is 3.21. The van der Waals surface area contributed by atoms with Gasteiger partial charge in [-0.25, -0.2) is 4.79 Å². The zero-order valence-electron chi connectivity index (χ0n) is 7.24. The van der Waals surface area contributed by atoms with E-state index in [1.807, 2.05) is 0 Å². The number of hydrogen-bond donors (Lipinski definition) is 2. The SMILES string of the molecule is O=C(N[C@H]1CCN(C(=O)O)C1)C(F)F. The molecule has 1 aliphatic heterocycles. The maximum Gasteiger partial charge on any atom is 0.407 e. The Bertz CT molecular complexity index is 247. The van der Waals surface area contributed by atoms with E-state index in [9.17, 15) is 18.4 Å². The predicted molar refractivity (Wildman–Crippen MR) is 42.1 cm³/mol. The summed E-state index contributed by atoms with van der Waals surface area (Å²) in [5.74, 6) is -1.35. The van der Waals surface area contributed by atoms with Crippen molar-refractivity contribution in [1.82, 2.24) is 10.2 Å². The van der Waals surface area contributed by atoms with Crippen LogP contribution in [0.15, 0.2) is 0 Å². The van der Waals surface area contributed by atoms with Crippen LogP contribution in [0.1, 0.15) is 6.42 Å². The van der Waals surface area contributed by atoms with Crippen LogP contribution in [0.5, 0.6) is 0 Å². The van der Waals surface area contributed by atoms with Gasteiger partial charge in [0, 0.05) is 19.1 Å². The van der Waals surface area contributed by atoms with Crippen molar-refractivity contribution in [3.8, 4) is 0 Å². The third kappa shape index (κ3) is 2.54. The molecule has 0 bridgehead atoms. The number of rotatable bonds is 2. The molecule has 1 heterocycles. The molecule has 1 saturated heterocycles. The first kappa shape index (κ1) is 10.7. The Morgan fingerprint density at radius 3 is 2.57 bits per heavy atom. The van der Waals surface area contributed by atoms with Crippen LogP contribution in [-0.4, -0.2) is 47.6 Å². The fourth-order valence-electron chi connectivity index (χ4n) is 1.32. The zero-order chi connectivity index (χ0) is 10.7. The topological polar surface area (TPSA) is 69.6 Å². The van der Waals surface area contributed by atoms with Crippen LogP contribution in [0.3, 0.4) is 0 Å². The summed E-state index contributed by atoms with van der Waals surface area (Å²) < 4.78 is 23.6. The lowest BCUT2D eigenvalue weighted by Gasteiger charge is -2.13. The number of carbonyl (C=O) groups excluding carboxylic acids is 1. The van der Waals surface area contributed by atoms with Gasteiger partial charge in [-0.3, -0.25) is 4.79 Å². The number of nitrogens with zero attached hydrogens (tertiary/aromatic N) is 1. The van der Waals surface area contributed by atoms with Crippen molar-refractivity contribution in [2.24, 2.45) is 0 Å². The highest BCUT2D eigenvalue weighted by Crippen LogP contribution is 2.09. The minimum absolute atomic E-state index is 0.0772. The van der Waals surface area contributed by atoms with Crippen molar-refractivity contribution in [3.63, 3.8) is 0 Å². The lowest BCUT2D eigenvalue weighted by atomic mass is 10.2. The van der Waals surface area contributed by atoms with E-state index in [0.717, 1.165) is 4.90 Å². The molecule has 0 aromatic rings. The van der Waals surface area contributed by atoms with Crippen molar-refractivity contribution in [3.05, 3.63) is 0 Å². The Morgan fingerprint density at radius 2 is 2.14 bits per heavy atom. The van der Waals surface area contributed by atoms with Gasteiger partial charge in [0.2, 0.25) is 0 Å².